The highest BCUT2D eigenvalue weighted by atomic mass is 35.5. The average molecular weight is 402 g/mol. The van der Waals surface area contributed by atoms with E-state index in [1.165, 1.54) is 32.4 Å². The molecule has 0 heterocycles. The number of nitrogens with one attached hydrogen (secondary N) is 1. The van der Waals surface area contributed by atoms with E-state index >= 15 is 0 Å². The molecule has 0 saturated carbocycles. The van der Waals surface area contributed by atoms with E-state index in [2.05, 4.69) is 5.32 Å². The first-order valence-corrected chi connectivity index (χ1v) is 8.14. The van der Waals surface area contributed by atoms with Gasteiger partial charge in [-0.15, -0.1) is 0 Å². The van der Waals surface area contributed by atoms with Gasteiger partial charge in [0.15, 0.2) is 11.5 Å². The third-order valence-corrected chi connectivity index (χ3v) is 4.14. The predicted octanol–water partition coefficient (Wildman–Crippen LogP) is 4.90. The summed E-state index contributed by atoms with van der Waals surface area (Å²) in [5, 5.41) is 3.55. The van der Waals surface area contributed by atoms with Gasteiger partial charge in [0.1, 0.15) is 0 Å². The molecule has 2 rings (SSSR count). The van der Waals surface area contributed by atoms with Crippen LogP contribution < -0.4 is 20.5 Å². The highest BCUT2D eigenvalue weighted by molar-refractivity contribution is 6.39. The van der Waals surface area contributed by atoms with Crippen LogP contribution in [0.4, 0.5) is 11.4 Å². The number of carbonyl (C=O) groups is 1. The van der Waals surface area contributed by atoms with Gasteiger partial charge >= 0.3 is 0 Å². The second-order valence-corrected chi connectivity index (χ2v) is 6.14. The SMILES string of the molecule is COc1cc(/C=C/C(=O)Nc2cc(Cl)c(N)c(Cl)c2)cc(Cl)c1OC. The van der Waals surface area contributed by atoms with E-state index in [1.807, 2.05) is 0 Å². The summed E-state index contributed by atoms with van der Waals surface area (Å²) < 4.78 is 10.4. The molecule has 0 unspecified atom stereocenters. The lowest BCUT2D eigenvalue weighted by Gasteiger charge is -2.10. The van der Waals surface area contributed by atoms with Crippen molar-refractivity contribution >= 4 is 58.2 Å². The lowest BCUT2D eigenvalue weighted by atomic mass is 10.2. The summed E-state index contributed by atoms with van der Waals surface area (Å²) in [6, 6.07) is 6.39. The van der Waals surface area contributed by atoms with Gasteiger partial charge in [0.2, 0.25) is 5.91 Å². The topological polar surface area (TPSA) is 73.6 Å². The zero-order chi connectivity index (χ0) is 18.6. The Balaban J connectivity index is 2.17. The number of rotatable bonds is 5. The maximum atomic E-state index is 12.1. The largest absolute Gasteiger partial charge is 0.493 e. The van der Waals surface area contributed by atoms with Gasteiger partial charge in [-0.2, -0.15) is 0 Å². The normalized spacial score (nSPS) is 10.8. The van der Waals surface area contributed by atoms with Crippen LogP contribution in [0.3, 0.4) is 0 Å². The molecule has 0 spiro atoms. The van der Waals surface area contributed by atoms with Crippen LogP contribution in [0.2, 0.25) is 15.1 Å². The van der Waals surface area contributed by atoms with Gasteiger partial charge in [0.05, 0.1) is 35.0 Å². The highest BCUT2D eigenvalue weighted by Crippen LogP contribution is 2.36. The first kappa shape index (κ1) is 19.2. The smallest absolute Gasteiger partial charge is 0.248 e. The number of anilines is 2. The lowest BCUT2D eigenvalue weighted by molar-refractivity contribution is -0.111. The second kappa shape index (κ2) is 8.34. The third-order valence-electron chi connectivity index (χ3n) is 3.23. The van der Waals surface area contributed by atoms with Gasteiger partial charge in [-0.1, -0.05) is 34.8 Å². The first-order valence-electron chi connectivity index (χ1n) is 7.00. The van der Waals surface area contributed by atoms with Gasteiger partial charge in [-0.05, 0) is 35.9 Å². The molecular weight excluding hydrogens is 387 g/mol. The average Bonchev–Trinajstić information content (AvgIpc) is 2.57. The summed E-state index contributed by atoms with van der Waals surface area (Å²) in [4.78, 5) is 12.1. The second-order valence-electron chi connectivity index (χ2n) is 4.91. The zero-order valence-corrected chi connectivity index (χ0v) is 15.7. The zero-order valence-electron chi connectivity index (χ0n) is 13.4. The quantitative estimate of drug-likeness (QED) is 0.552. The van der Waals surface area contributed by atoms with E-state index in [0.717, 1.165) is 0 Å². The Kier molecular flexibility index (Phi) is 6.42. The molecule has 132 valence electrons. The Morgan fingerprint density at radius 3 is 2.24 bits per heavy atom. The third kappa shape index (κ3) is 4.72. The molecule has 0 aromatic heterocycles. The van der Waals surface area contributed by atoms with Gasteiger partial charge in [0, 0.05) is 11.8 Å². The molecule has 0 bridgehead atoms. The first-order chi connectivity index (χ1) is 11.8. The number of nitrogen functional groups attached to an aromatic ring is 1. The Labute approximate surface area is 160 Å². The maximum absolute atomic E-state index is 12.1. The molecule has 0 aliphatic rings. The summed E-state index contributed by atoms with van der Waals surface area (Å²) in [7, 11) is 3.00. The number of benzene rings is 2. The number of ether oxygens (including phenoxy) is 2. The van der Waals surface area contributed by atoms with Crippen molar-refractivity contribution in [1.82, 2.24) is 0 Å². The van der Waals surface area contributed by atoms with Gasteiger partial charge in [-0.3, -0.25) is 4.79 Å². The van der Waals surface area contributed by atoms with Crippen LogP contribution in [0.25, 0.3) is 6.08 Å². The summed E-state index contributed by atoms with van der Waals surface area (Å²) in [5.41, 5.74) is 7.02. The minimum absolute atomic E-state index is 0.261. The number of carbonyl (C=O) groups excluding carboxylic acids is 1. The number of halogens is 3. The molecule has 8 heteroatoms. The number of amides is 1. The Bertz CT molecular complexity index is 815. The number of hydrogen-bond donors (Lipinski definition) is 2. The fraction of sp³-hybridized carbons (Fsp3) is 0.118. The van der Waals surface area contributed by atoms with Crippen LogP contribution in [-0.2, 0) is 4.79 Å². The van der Waals surface area contributed by atoms with Crippen LogP contribution in [-0.4, -0.2) is 20.1 Å². The molecule has 0 aliphatic carbocycles. The number of hydrogen-bond acceptors (Lipinski definition) is 4. The minimum Gasteiger partial charge on any atom is -0.493 e. The van der Waals surface area contributed by atoms with Crippen LogP contribution in [0.5, 0.6) is 11.5 Å². The Morgan fingerprint density at radius 1 is 1.04 bits per heavy atom. The molecule has 3 N–H and O–H groups in total. The summed E-state index contributed by atoms with van der Waals surface area (Å²) in [6.45, 7) is 0. The van der Waals surface area contributed by atoms with Gasteiger partial charge in [0.25, 0.3) is 0 Å². The van der Waals surface area contributed by atoms with Gasteiger partial charge < -0.3 is 20.5 Å². The van der Waals surface area contributed by atoms with E-state index in [-0.39, 0.29) is 21.6 Å². The van der Waals surface area contributed by atoms with Crippen molar-refractivity contribution in [1.29, 1.82) is 0 Å². The summed E-state index contributed by atoms with van der Waals surface area (Å²) >= 11 is 18.0. The van der Waals surface area contributed by atoms with E-state index in [0.29, 0.717) is 27.8 Å². The van der Waals surface area contributed by atoms with Crippen molar-refractivity contribution in [3.63, 3.8) is 0 Å². The van der Waals surface area contributed by atoms with Crippen molar-refractivity contribution in [3.8, 4) is 11.5 Å². The molecule has 1 amide bonds. The molecular formula is C17H15Cl3N2O3. The van der Waals surface area contributed by atoms with Crippen molar-refractivity contribution in [2.75, 3.05) is 25.3 Å². The number of nitrogens with two attached hydrogens (primary N) is 1. The lowest BCUT2D eigenvalue weighted by Crippen LogP contribution is -2.08. The molecule has 2 aromatic rings. The van der Waals surface area contributed by atoms with Crippen LogP contribution in [0.1, 0.15) is 5.56 Å². The van der Waals surface area contributed by atoms with E-state index < -0.39 is 0 Å². The fourth-order valence-electron chi connectivity index (χ4n) is 2.05. The highest BCUT2D eigenvalue weighted by Gasteiger charge is 2.10. The minimum atomic E-state index is -0.372. The van der Waals surface area contributed by atoms with Gasteiger partial charge in [-0.25, -0.2) is 0 Å². The van der Waals surface area contributed by atoms with Crippen LogP contribution >= 0.6 is 34.8 Å². The molecule has 25 heavy (non-hydrogen) atoms. The van der Waals surface area contributed by atoms with Crippen molar-refractivity contribution in [3.05, 3.63) is 51.0 Å². The molecule has 0 radical (unpaired) electrons. The predicted molar refractivity (Wildman–Crippen MR) is 103 cm³/mol. The Hall–Kier alpha value is -2.08. The molecule has 2 aromatic carbocycles. The van der Waals surface area contributed by atoms with Crippen LogP contribution in [0, 0.1) is 0 Å². The standard InChI is InChI=1S/C17H15Cl3N2O3/c1-24-14-6-9(5-13(20)17(14)25-2)3-4-15(23)22-10-7-11(18)16(21)12(19)8-10/h3-8H,21H2,1-2H3,(H,22,23)/b4-3+. The van der Waals surface area contributed by atoms with E-state index in [9.17, 15) is 4.79 Å². The molecule has 0 saturated heterocycles. The van der Waals surface area contributed by atoms with Crippen molar-refractivity contribution in [2.45, 2.75) is 0 Å². The number of methoxy groups -OCH3 is 2. The molecule has 0 atom stereocenters. The van der Waals surface area contributed by atoms with E-state index in [1.54, 1.807) is 18.2 Å². The van der Waals surface area contributed by atoms with Crippen LogP contribution in [0.15, 0.2) is 30.3 Å². The molecule has 5 nitrogen and oxygen atoms in total. The maximum Gasteiger partial charge on any atom is 0.248 e. The van der Waals surface area contributed by atoms with Crippen molar-refractivity contribution in [2.24, 2.45) is 0 Å². The molecule has 0 fully saturated rings. The van der Waals surface area contributed by atoms with Crippen molar-refractivity contribution < 1.29 is 14.3 Å². The summed E-state index contributed by atoms with van der Waals surface area (Å²) in [5.74, 6) is 0.520. The fourth-order valence-corrected chi connectivity index (χ4v) is 2.83. The monoisotopic (exact) mass is 400 g/mol. The molecule has 0 aliphatic heterocycles. The summed E-state index contributed by atoms with van der Waals surface area (Å²) in [6.07, 6.45) is 2.93. The Morgan fingerprint density at radius 2 is 1.68 bits per heavy atom. The van der Waals surface area contributed by atoms with E-state index in [4.69, 9.17) is 50.0 Å².